The molecule has 0 unspecified atom stereocenters. The predicted molar refractivity (Wildman–Crippen MR) is 87.9 cm³/mol. The maximum absolute atomic E-state index is 13.6. The zero-order chi connectivity index (χ0) is 16.9. The largest absolute Gasteiger partial charge is 0.497 e. The minimum atomic E-state index is -0.300. The first-order valence-electron chi connectivity index (χ1n) is 7.34. The van der Waals surface area contributed by atoms with Crippen LogP contribution >= 0.6 is 0 Å². The molecule has 5 nitrogen and oxygen atoms in total. The summed E-state index contributed by atoms with van der Waals surface area (Å²) in [7, 11) is 3.18. The van der Waals surface area contributed by atoms with E-state index < -0.39 is 0 Å². The van der Waals surface area contributed by atoms with Crippen LogP contribution in [0.15, 0.2) is 48.5 Å². The molecule has 1 N–H and O–H groups in total. The Morgan fingerprint density at radius 1 is 1.00 bits per heavy atom. The Bertz CT molecular complexity index is 810. The van der Waals surface area contributed by atoms with Gasteiger partial charge in [0.05, 0.1) is 19.9 Å². The van der Waals surface area contributed by atoms with Crippen LogP contribution in [0, 0.1) is 5.82 Å². The number of hydrogen-bond donors (Lipinski definition) is 1. The lowest BCUT2D eigenvalue weighted by Gasteiger charge is -2.06. The third-order valence-corrected chi connectivity index (χ3v) is 3.55. The van der Waals surface area contributed by atoms with Crippen molar-refractivity contribution in [3.8, 4) is 28.6 Å². The Morgan fingerprint density at radius 3 is 2.38 bits per heavy atom. The molecule has 2 aromatic carbocycles. The fraction of sp³-hybridized carbons (Fsp3) is 0.167. The average molecular weight is 328 g/mol. The topological polar surface area (TPSA) is 56.4 Å². The first kappa shape index (κ1) is 15.9. The molecule has 0 aliphatic rings. The summed E-state index contributed by atoms with van der Waals surface area (Å²) in [5.74, 6) is 1.43. The lowest BCUT2D eigenvalue weighted by Crippen LogP contribution is -1.98. The van der Waals surface area contributed by atoms with E-state index in [0.717, 1.165) is 11.3 Å². The molecule has 0 spiro atoms. The molecule has 3 rings (SSSR count). The van der Waals surface area contributed by atoms with Gasteiger partial charge < -0.3 is 14.2 Å². The Morgan fingerprint density at radius 2 is 1.71 bits per heavy atom. The van der Waals surface area contributed by atoms with Gasteiger partial charge in [0.15, 0.2) is 0 Å². The SMILES string of the molecule is COc1cc(OC)cc(-c2cc(OCc3ccccc3F)n[nH]2)c1. The average Bonchev–Trinajstić information content (AvgIpc) is 3.09. The summed E-state index contributed by atoms with van der Waals surface area (Å²) in [5, 5.41) is 6.99. The fourth-order valence-electron chi connectivity index (χ4n) is 2.26. The van der Waals surface area contributed by atoms with E-state index in [4.69, 9.17) is 14.2 Å². The molecule has 0 saturated heterocycles. The number of rotatable bonds is 6. The van der Waals surface area contributed by atoms with Crippen LogP contribution < -0.4 is 14.2 Å². The van der Waals surface area contributed by atoms with Crippen molar-refractivity contribution in [3.05, 3.63) is 59.9 Å². The van der Waals surface area contributed by atoms with Crippen molar-refractivity contribution in [2.45, 2.75) is 6.61 Å². The third-order valence-electron chi connectivity index (χ3n) is 3.55. The van der Waals surface area contributed by atoms with Gasteiger partial charge in [-0.1, -0.05) is 18.2 Å². The van der Waals surface area contributed by atoms with Crippen LogP contribution in [0.1, 0.15) is 5.56 Å². The number of methoxy groups -OCH3 is 2. The predicted octanol–water partition coefficient (Wildman–Crippen LogP) is 3.81. The van der Waals surface area contributed by atoms with Crippen LogP contribution in [0.5, 0.6) is 17.4 Å². The number of hydrogen-bond acceptors (Lipinski definition) is 4. The number of nitrogens with zero attached hydrogens (tertiary/aromatic N) is 1. The van der Waals surface area contributed by atoms with Gasteiger partial charge in [-0.3, -0.25) is 5.10 Å². The monoisotopic (exact) mass is 328 g/mol. The molecule has 0 bridgehead atoms. The third kappa shape index (κ3) is 3.48. The van der Waals surface area contributed by atoms with Gasteiger partial charge in [0.2, 0.25) is 5.88 Å². The van der Waals surface area contributed by atoms with E-state index in [2.05, 4.69) is 10.2 Å². The summed E-state index contributed by atoms with van der Waals surface area (Å²) in [6.07, 6.45) is 0. The molecule has 6 heteroatoms. The van der Waals surface area contributed by atoms with Gasteiger partial charge in [-0.25, -0.2) is 4.39 Å². The minimum Gasteiger partial charge on any atom is -0.497 e. The van der Waals surface area contributed by atoms with Crippen molar-refractivity contribution < 1.29 is 18.6 Å². The van der Waals surface area contributed by atoms with E-state index in [0.29, 0.717) is 22.9 Å². The lowest BCUT2D eigenvalue weighted by atomic mass is 10.1. The summed E-state index contributed by atoms with van der Waals surface area (Å²) >= 11 is 0. The number of aromatic amines is 1. The maximum Gasteiger partial charge on any atom is 0.233 e. The summed E-state index contributed by atoms with van der Waals surface area (Å²) in [4.78, 5) is 0. The van der Waals surface area contributed by atoms with E-state index in [1.807, 2.05) is 12.1 Å². The van der Waals surface area contributed by atoms with Crippen molar-refractivity contribution in [1.29, 1.82) is 0 Å². The molecule has 24 heavy (non-hydrogen) atoms. The Kier molecular flexibility index (Phi) is 4.65. The minimum absolute atomic E-state index is 0.110. The van der Waals surface area contributed by atoms with E-state index in [1.165, 1.54) is 6.07 Å². The molecule has 0 radical (unpaired) electrons. The zero-order valence-electron chi connectivity index (χ0n) is 13.4. The molecule has 1 heterocycles. The van der Waals surface area contributed by atoms with E-state index in [9.17, 15) is 4.39 Å². The molecular formula is C18H17FN2O3. The molecular weight excluding hydrogens is 311 g/mol. The van der Waals surface area contributed by atoms with Gasteiger partial charge >= 0.3 is 0 Å². The lowest BCUT2D eigenvalue weighted by molar-refractivity contribution is 0.287. The summed E-state index contributed by atoms with van der Waals surface area (Å²) in [5.41, 5.74) is 2.07. The summed E-state index contributed by atoms with van der Waals surface area (Å²) < 4.78 is 29.7. The summed E-state index contributed by atoms with van der Waals surface area (Å²) in [6, 6.07) is 13.7. The van der Waals surface area contributed by atoms with Gasteiger partial charge in [-0.2, -0.15) is 0 Å². The van der Waals surface area contributed by atoms with Crippen LogP contribution in [0.2, 0.25) is 0 Å². The quantitative estimate of drug-likeness (QED) is 0.747. The number of nitrogens with one attached hydrogen (secondary N) is 1. The number of H-pyrrole nitrogens is 1. The Labute approximate surface area is 139 Å². The zero-order valence-corrected chi connectivity index (χ0v) is 13.4. The highest BCUT2D eigenvalue weighted by Crippen LogP contribution is 2.30. The molecule has 124 valence electrons. The Hall–Kier alpha value is -3.02. The van der Waals surface area contributed by atoms with Crippen molar-refractivity contribution >= 4 is 0 Å². The van der Waals surface area contributed by atoms with E-state index in [1.54, 1.807) is 44.6 Å². The first-order valence-corrected chi connectivity index (χ1v) is 7.34. The normalized spacial score (nSPS) is 10.5. The van der Waals surface area contributed by atoms with Gasteiger partial charge in [0, 0.05) is 23.3 Å². The van der Waals surface area contributed by atoms with Crippen LogP contribution in [0.4, 0.5) is 4.39 Å². The van der Waals surface area contributed by atoms with Gasteiger partial charge in [-0.05, 0) is 18.2 Å². The number of halogens is 1. The Balaban J connectivity index is 1.77. The molecule has 0 saturated carbocycles. The van der Waals surface area contributed by atoms with E-state index in [-0.39, 0.29) is 12.4 Å². The van der Waals surface area contributed by atoms with Crippen LogP contribution in [0.25, 0.3) is 11.3 Å². The molecule has 0 fully saturated rings. The van der Waals surface area contributed by atoms with Gasteiger partial charge in [-0.15, -0.1) is 5.10 Å². The van der Waals surface area contributed by atoms with Gasteiger partial charge in [0.25, 0.3) is 0 Å². The second-order valence-corrected chi connectivity index (χ2v) is 5.10. The fourth-order valence-corrected chi connectivity index (χ4v) is 2.26. The van der Waals surface area contributed by atoms with Crippen LogP contribution in [0.3, 0.4) is 0 Å². The molecule has 3 aromatic rings. The molecule has 0 amide bonds. The van der Waals surface area contributed by atoms with Gasteiger partial charge in [0.1, 0.15) is 23.9 Å². The number of ether oxygens (including phenoxy) is 3. The smallest absolute Gasteiger partial charge is 0.233 e. The van der Waals surface area contributed by atoms with Crippen LogP contribution in [-0.2, 0) is 6.61 Å². The van der Waals surface area contributed by atoms with Crippen molar-refractivity contribution in [3.63, 3.8) is 0 Å². The molecule has 1 aromatic heterocycles. The van der Waals surface area contributed by atoms with E-state index >= 15 is 0 Å². The van der Waals surface area contributed by atoms with Crippen molar-refractivity contribution in [1.82, 2.24) is 10.2 Å². The van der Waals surface area contributed by atoms with Crippen molar-refractivity contribution in [2.75, 3.05) is 14.2 Å². The highest BCUT2D eigenvalue weighted by atomic mass is 19.1. The first-order chi connectivity index (χ1) is 11.7. The molecule has 0 aliphatic heterocycles. The van der Waals surface area contributed by atoms with Crippen molar-refractivity contribution in [2.24, 2.45) is 0 Å². The number of aromatic nitrogens is 2. The highest BCUT2D eigenvalue weighted by molar-refractivity contribution is 5.64. The van der Waals surface area contributed by atoms with Crippen LogP contribution in [-0.4, -0.2) is 24.4 Å². The standard InChI is InChI=1S/C18H17FN2O3/c1-22-14-7-13(8-15(9-14)23-2)17-10-18(21-20-17)24-11-12-5-3-4-6-16(12)19/h3-10H,11H2,1-2H3,(H,20,21). The highest BCUT2D eigenvalue weighted by Gasteiger charge is 2.09. The second-order valence-electron chi connectivity index (χ2n) is 5.10. The maximum atomic E-state index is 13.6. The summed E-state index contributed by atoms with van der Waals surface area (Å²) in [6.45, 7) is 0.110. The second kappa shape index (κ2) is 7.04. The molecule has 0 aliphatic carbocycles. The molecule has 0 atom stereocenters. The number of benzene rings is 2.